The number of hydrogen-bond donors (Lipinski definition) is 1. The number of rotatable bonds is 12. The predicted octanol–water partition coefficient (Wildman–Crippen LogP) is 3.15. The van der Waals surface area contributed by atoms with Crippen LogP contribution in [-0.4, -0.2) is 83.9 Å². The highest BCUT2D eigenvalue weighted by molar-refractivity contribution is 6.05. The molecule has 0 aromatic heterocycles. The second-order valence-electron chi connectivity index (χ2n) is 10.9. The summed E-state index contributed by atoms with van der Waals surface area (Å²) < 4.78 is 12.0. The van der Waals surface area contributed by atoms with E-state index in [0.29, 0.717) is 24.9 Å². The van der Waals surface area contributed by atoms with Gasteiger partial charge in [-0.3, -0.25) is 14.4 Å². The molecule has 1 N–H and O–H groups in total. The van der Waals surface area contributed by atoms with Crippen LogP contribution in [0.5, 0.6) is 0 Å². The van der Waals surface area contributed by atoms with Gasteiger partial charge < -0.3 is 29.3 Å². The van der Waals surface area contributed by atoms with Gasteiger partial charge in [-0.2, -0.15) is 0 Å². The monoisotopic (exact) mass is 541 g/mol. The lowest BCUT2D eigenvalue weighted by molar-refractivity contribution is -0.160. The zero-order valence-electron chi connectivity index (χ0n) is 23.9. The molecule has 214 valence electrons. The number of esters is 1. The first-order valence-corrected chi connectivity index (χ1v) is 14.2. The lowest BCUT2D eigenvalue weighted by atomic mass is 9.66. The number of anilines is 2. The summed E-state index contributed by atoms with van der Waals surface area (Å²) in [5.74, 6) is -2.76. The van der Waals surface area contributed by atoms with Crippen molar-refractivity contribution in [3.63, 3.8) is 0 Å². The van der Waals surface area contributed by atoms with Crippen molar-refractivity contribution >= 4 is 29.2 Å². The molecule has 0 radical (unpaired) electrons. The van der Waals surface area contributed by atoms with Crippen LogP contribution in [0.4, 0.5) is 11.4 Å². The number of aliphatic hydroxyl groups is 1. The van der Waals surface area contributed by atoms with Crippen LogP contribution in [0.15, 0.2) is 36.9 Å². The molecule has 0 saturated carbocycles. The van der Waals surface area contributed by atoms with E-state index in [1.165, 1.54) is 4.90 Å². The van der Waals surface area contributed by atoms with Gasteiger partial charge >= 0.3 is 5.97 Å². The molecule has 4 rings (SSSR count). The average molecular weight is 542 g/mol. The molecule has 2 amide bonds. The van der Waals surface area contributed by atoms with Gasteiger partial charge in [-0.15, -0.1) is 6.58 Å². The third-order valence-corrected chi connectivity index (χ3v) is 8.93. The Morgan fingerprint density at radius 3 is 2.36 bits per heavy atom. The Morgan fingerprint density at radius 2 is 1.82 bits per heavy atom. The highest BCUT2D eigenvalue weighted by atomic mass is 16.6. The molecule has 3 fully saturated rings. The Kier molecular flexibility index (Phi) is 8.42. The maximum atomic E-state index is 14.6. The van der Waals surface area contributed by atoms with E-state index in [-0.39, 0.29) is 31.6 Å². The molecular weight excluding hydrogens is 498 g/mol. The fourth-order valence-corrected chi connectivity index (χ4v) is 7.07. The number of carbonyl (C=O) groups excluding carboxylic acids is 3. The Bertz CT molecular complexity index is 1080. The minimum Gasteiger partial charge on any atom is -0.466 e. The summed E-state index contributed by atoms with van der Waals surface area (Å²) in [6.45, 7) is 15.4. The van der Waals surface area contributed by atoms with Crippen LogP contribution in [-0.2, 0) is 23.9 Å². The molecule has 9 heteroatoms. The number of fused-ring (bicyclic) bond motifs is 1. The molecule has 1 spiro atoms. The van der Waals surface area contributed by atoms with Crippen LogP contribution in [0, 0.1) is 11.8 Å². The SMILES string of the molecule is C=CCN(C(=O)C1N([C@@H](CC)CO)C(=O)[C@@H]2[C@H](C(=O)OCC)[C@]3(C)CCC12O3)c1ccc(N(CC)CC)cc1. The first kappa shape index (κ1) is 29.1. The van der Waals surface area contributed by atoms with E-state index < -0.39 is 41.1 Å². The van der Waals surface area contributed by atoms with E-state index in [0.717, 1.165) is 18.8 Å². The van der Waals surface area contributed by atoms with E-state index in [1.807, 2.05) is 38.1 Å². The smallest absolute Gasteiger partial charge is 0.312 e. The van der Waals surface area contributed by atoms with Gasteiger partial charge in [0, 0.05) is 31.0 Å². The number of ether oxygens (including phenoxy) is 2. The maximum Gasteiger partial charge on any atom is 0.312 e. The summed E-state index contributed by atoms with van der Waals surface area (Å²) in [5.41, 5.74) is -0.336. The van der Waals surface area contributed by atoms with Crippen molar-refractivity contribution < 1.29 is 29.0 Å². The minimum atomic E-state index is -1.18. The Hall–Kier alpha value is -2.91. The standard InChI is InChI=1S/C30H43N3O6/c1-7-18-32(22-14-12-21(13-15-22)31(9-3)10-4)27(36)25-30-17-16-29(6,39-30)24(28(37)38-11-5)23(30)26(35)33(25)20(8-2)19-34/h7,12-15,20,23-25,34H,1,8-11,16-19H2,2-6H3/t20-,23-,24+,25?,29-,30?/m0/s1. The number of benzene rings is 1. The number of amides is 2. The van der Waals surface area contributed by atoms with E-state index in [1.54, 1.807) is 17.9 Å². The lowest BCUT2D eigenvalue weighted by Crippen LogP contribution is -2.59. The second-order valence-corrected chi connectivity index (χ2v) is 10.9. The number of hydrogen-bond acceptors (Lipinski definition) is 7. The molecule has 3 saturated heterocycles. The molecule has 39 heavy (non-hydrogen) atoms. The van der Waals surface area contributed by atoms with Gasteiger partial charge in [-0.25, -0.2) is 0 Å². The van der Waals surface area contributed by atoms with E-state index in [4.69, 9.17) is 9.47 Å². The zero-order valence-corrected chi connectivity index (χ0v) is 23.9. The quantitative estimate of drug-likeness (QED) is 0.321. The molecule has 3 aliphatic rings. The third-order valence-electron chi connectivity index (χ3n) is 8.93. The van der Waals surface area contributed by atoms with Crippen molar-refractivity contribution in [1.82, 2.24) is 4.90 Å². The summed E-state index contributed by atoms with van der Waals surface area (Å²) in [6, 6.07) is 6.22. The van der Waals surface area contributed by atoms with Gasteiger partial charge in [0.05, 0.1) is 30.8 Å². The van der Waals surface area contributed by atoms with Crippen LogP contribution in [0.1, 0.15) is 53.9 Å². The molecule has 3 heterocycles. The number of aliphatic hydroxyl groups excluding tert-OH is 1. The van der Waals surface area contributed by atoms with Gasteiger partial charge in [0.2, 0.25) is 5.91 Å². The van der Waals surface area contributed by atoms with E-state index in [9.17, 15) is 19.5 Å². The first-order valence-electron chi connectivity index (χ1n) is 14.2. The largest absolute Gasteiger partial charge is 0.466 e. The van der Waals surface area contributed by atoms with Gasteiger partial charge in [0.1, 0.15) is 17.6 Å². The minimum absolute atomic E-state index is 0.191. The predicted molar refractivity (Wildman–Crippen MR) is 149 cm³/mol. The molecule has 1 aromatic carbocycles. The first-order chi connectivity index (χ1) is 18.7. The summed E-state index contributed by atoms with van der Waals surface area (Å²) in [6.07, 6.45) is 3.11. The molecule has 6 atom stereocenters. The van der Waals surface area contributed by atoms with Crippen LogP contribution in [0.3, 0.4) is 0 Å². The maximum absolute atomic E-state index is 14.6. The molecular formula is C30H43N3O6. The summed E-state index contributed by atoms with van der Waals surface area (Å²) >= 11 is 0. The molecule has 1 aromatic rings. The molecule has 0 aliphatic carbocycles. The van der Waals surface area contributed by atoms with E-state index in [2.05, 4.69) is 25.3 Å². The Morgan fingerprint density at radius 1 is 1.18 bits per heavy atom. The van der Waals surface area contributed by atoms with Crippen LogP contribution >= 0.6 is 0 Å². The van der Waals surface area contributed by atoms with Crippen molar-refractivity contribution in [2.24, 2.45) is 11.8 Å². The van der Waals surface area contributed by atoms with Crippen molar-refractivity contribution in [2.75, 3.05) is 42.6 Å². The summed E-state index contributed by atoms with van der Waals surface area (Å²) in [5, 5.41) is 10.3. The van der Waals surface area contributed by atoms with Gasteiger partial charge in [0.15, 0.2) is 0 Å². The second kappa shape index (κ2) is 11.3. The molecule has 3 aliphatic heterocycles. The van der Waals surface area contributed by atoms with E-state index >= 15 is 0 Å². The number of nitrogens with zero attached hydrogens (tertiary/aromatic N) is 3. The van der Waals surface area contributed by atoms with Gasteiger partial charge in [0.25, 0.3) is 5.91 Å². The van der Waals surface area contributed by atoms with Crippen molar-refractivity contribution in [2.45, 2.75) is 77.2 Å². The topological polar surface area (TPSA) is 99.6 Å². The fraction of sp³-hybridized carbons (Fsp3) is 0.633. The molecule has 9 nitrogen and oxygen atoms in total. The normalized spacial score (nSPS) is 29.7. The summed E-state index contributed by atoms with van der Waals surface area (Å²) in [4.78, 5) is 47.3. The average Bonchev–Trinajstić information content (AvgIpc) is 3.50. The van der Waals surface area contributed by atoms with Crippen LogP contribution < -0.4 is 9.80 Å². The highest BCUT2D eigenvalue weighted by Crippen LogP contribution is 2.63. The molecule has 2 unspecified atom stereocenters. The number of likely N-dealkylation sites (tertiary alicyclic amines) is 1. The zero-order chi connectivity index (χ0) is 28.5. The lowest BCUT2D eigenvalue weighted by Gasteiger charge is -2.39. The Labute approximate surface area is 231 Å². The highest BCUT2D eigenvalue weighted by Gasteiger charge is 2.79. The number of carbonyl (C=O) groups is 3. The van der Waals surface area contributed by atoms with Crippen molar-refractivity contribution in [1.29, 1.82) is 0 Å². The van der Waals surface area contributed by atoms with Gasteiger partial charge in [-0.1, -0.05) is 13.0 Å². The van der Waals surface area contributed by atoms with Crippen LogP contribution in [0.2, 0.25) is 0 Å². The Balaban J connectivity index is 1.79. The fourth-order valence-electron chi connectivity index (χ4n) is 7.07. The van der Waals surface area contributed by atoms with Crippen LogP contribution in [0.25, 0.3) is 0 Å². The van der Waals surface area contributed by atoms with Crippen molar-refractivity contribution in [3.05, 3.63) is 36.9 Å². The van der Waals surface area contributed by atoms with Gasteiger partial charge in [-0.05, 0) is 71.2 Å². The summed E-state index contributed by atoms with van der Waals surface area (Å²) in [7, 11) is 0. The molecule has 2 bridgehead atoms. The van der Waals surface area contributed by atoms with Crippen molar-refractivity contribution in [3.8, 4) is 0 Å². The third kappa shape index (κ3) is 4.53.